The number of ether oxygens (including phenoxy) is 1. The molecule has 0 atom stereocenters. The normalized spacial score (nSPS) is 10.9. The van der Waals surface area contributed by atoms with Crippen LogP contribution in [0, 0.1) is 0 Å². The first kappa shape index (κ1) is 11.7. The van der Waals surface area contributed by atoms with Crippen LogP contribution < -0.4 is 11.5 Å². The van der Waals surface area contributed by atoms with Crippen LogP contribution >= 0.6 is 0 Å². The highest BCUT2D eigenvalue weighted by Crippen LogP contribution is 2.02. The molecule has 0 fully saturated rings. The maximum Gasteiger partial charge on any atom is 0.535 e. The first-order chi connectivity index (χ1) is 7.65. The molecule has 0 aliphatic carbocycles. The number of carbonyl (C=O) groups excluding carboxylic acids is 1. The van der Waals surface area contributed by atoms with Crippen LogP contribution in [0.25, 0.3) is 0 Å². The van der Waals surface area contributed by atoms with Crippen molar-refractivity contribution < 1.29 is 14.4 Å². The van der Waals surface area contributed by atoms with Crippen LogP contribution in [0.3, 0.4) is 0 Å². The van der Waals surface area contributed by atoms with Gasteiger partial charge in [0, 0.05) is 12.4 Å². The minimum atomic E-state index is -0.951. The summed E-state index contributed by atoms with van der Waals surface area (Å²) >= 11 is 0. The Bertz CT molecular complexity index is 406. The summed E-state index contributed by atoms with van der Waals surface area (Å²) in [5.41, 5.74) is 11.1. The zero-order chi connectivity index (χ0) is 12.0. The van der Waals surface area contributed by atoms with E-state index in [9.17, 15) is 4.79 Å². The molecule has 1 rings (SSSR count). The molecule has 0 unspecified atom stereocenters. The number of rotatable bonds is 3. The van der Waals surface area contributed by atoms with Gasteiger partial charge in [-0.3, -0.25) is 4.84 Å². The zero-order valence-electron chi connectivity index (χ0n) is 8.58. The summed E-state index contributed by atoms with van der Waals surface area (Å²) in [6, 6.07) is 0. The van der Waals surface area contributed by atoms with Gasteiger partial charge in [-0.2, -0.15) is 0 Å². The van der Waals surface area contributed by atoms with Crippen molar-refractivity contribution in [3.05, 3.63) is 18.1 Å². The lowest BCUT2D eigenvalue weighted by Gasteiger charge is -2.01. The van der Waals surface area contributed by atoms with Crippen molar-refractivity contribution in [2.45, 2.75) is 6.92 Å². The fraction of sp³-hybridized carbons (Fsp3) is 0.250. The van der Waals surface area contributed by atoms with Gasteiger partial charge in [0.2, 0.25) is 0 Å². The highest BCUT2D eigenvalue weighted by atomic mass is 16.8. The Morgan fingerprint density at radius 3 is 2.81 bits per heavy atom. The van der Waals surface area contributed by atoms with E-state index in [-0.39, 0.29) is 24.0 Å². The molecule has 0 spiro atoms. The molecule has 0 saturated heterocycles. The molecule has 0 bridgehead atoms. The lowest BCUT2D eigenvalue weighted by Crippen LogP contribution is -2.19. The fourth-order valence-electron chi connectivity index (χ4n) is 0.820. The first-order valence-corrected chi connectivity index (χ1v) is 4.39. The van der Waals surface area contributed by atoms with Crippen LogP contribution in [-0.4, -0.2) is 28.6 Å². The molecule has 86 valence electrons. The Labute approximate surface area is 91.2 Å². The van der Waals surface area contributed by atoms with E-state index in [2.05, 4.69) is 24.7 Å². The predicted octanol–water partition coefficient (Wildman–Crippen LogP) is -0.148. The van der Waals surface area contributed by atoms with Crippen molar-refractivity contribution in [1.82, 2.24) is 9.97 Å². The van der Waals surface area contributed by atoms with Crippen LogP contribution in [0.5, 0.6) is 0 Å². The largest absolute Gasteiger partial charge is 0.535 e. The minimum absolute atomic E-state index is 0.0937. The molecule has 0 aliphatic heterocycles. The molecule has 0 saturated carbocycles. The van der Waals surface area contributed by atoms with E-state index in [0.717, 1.165) is 0 Å². The summed E-state index contributed by atoms with van der Waals surface area (Å²) < 4.78 is 4.47. The van der Waals surface area contributed by atoms with Crippen molar-refractivity contribution in [3.63, 3.8) is 0 Å². The van der Waals surface area contributed by atoms with E-state index in [4.69, 9.17) is 11.5 Å². The number of nitrogen functional groups attached to an aromatic ring is 1. The number of nitrogens with two attached hydrogens (primary N) is 2. The molecule has 1 heterocycles. The molecule has 0 amide bonds. The molecule has 8 nitrogen and oxygen atoms in total. The number of aromatic nitrogens is 2. The average molecular weight is 225 g/mol. The topological polar surface area (TPSA) is 126 Å². The van der Waals surface area contributed by atoms with Crippen LogP contribution in [-0.2, 0) is 9.57 Å². The third-order valence-corrected chi connectivity index (χ3v) is 1.45. The van der Waals surface area contributed by atoms with Gasteiger partial charge in [-0.15, -0.1) is 0 Å². The Morgan fingerprint density at radius 1 is 1.50 bits per heavy atom. The van der Waals surface area contributed by atoms with Crippen molar-refractivity contribution in [2.75, 3.05) is 12.3 Å². The number of hydrogen-bond acceptors (Lipinski definition) is 7. The van der Waals surface area contributed by atoms with Crippen molar-refractivity contribution in [2.24, 2.45) is 10.9 Å². The van der Waals surface area contributed by atoms with Crippen molar-refractivity contribution in [3.8, 4) is 0 Å². The van der Waals surface area contributed by atoms with Gasteiger partial charge in [-0.25, -0.2) is 14.8 Å². The molecule has 1 aromatic heterocycles. The van der Waals surface area contributed by atoms with Crippen LogP contribution in [0.2, 0.25) is 0 Å². The summed E-state index contributed by atoms with van der Waals surface area (Å²) in [4.78, 5) is 22.7. The number of anilines is 1. The molecule has 0 radical (unpaired) electrons. The van der Waals surface area contributed by atoms with Gasteiger partial charge in [0.1, 0.15) is 0 Å². The van der Waals surface area contributed by atoms with E-state index < -0.39 is 6.16 Å². The maximum atomic E-state index is 10.8. The average Bonchev–Trinajstić information content (AvgIpc) is 2.27. The number of carbonyl (C=O) groups is 1. The molecular weight excluding hydrogens is 214 g/mol. The summed E-state index contributed by atoms with van der Waals surface area (Å²) in [6.07, 6.45) is 1.84. The van der Waals surface area contributed by atoms with Gasteiger partial charge < -0.3 is 16.2 Å². The van der Waals surface area contributed by atoms with E-state index >= 15 is 0 Å². The predicted molar refractivity (Wildman–Crippen MR) is 55.3 cm³/mol. The highest BCUT2D eigenvalue weighted by molar-refractivity contribution is 5.99. The second-order valence-electron chi connectivity index (χ2n) is 2.54. The SMILES string of the molecule is CCOC(=O)O/N=C(\N)c1nccnc1N. The Morgan fingerprint density at radius 2 is 2.19 bits per heavy atom. The maximum absolute atomic E-state index is 10.8. The third kappa shape index (κ3) is 3.08. The van der Waals surface area contributed by atoms with Crippen molar-refractivity contribution >= 4 is 17.8 Å². The molecular formula is C8H11N5O3. The Hall–Kier alpha value is -2.38. The fourth-order valence-corrected chi connectivity index (χ4v) is 0.820. The first-order valence-electron chi connectivity index (χ1n) is 4.39. The molecule has 8 heteroatoms. The van der Waals surface area contributed by atoms with Gasteiger partial charge >= 0.3 is 6.16 Å². The van der Waals surface area contributed by atoms with E-state index in [1.165, 1.54) is 12.4 Å². The minimum Gasteiger partial charge on any atom is -0.433 e. The van der Waals surface area contributed by atoms with Gasteiger partial charge in [-0.05, 0) is 6.92 Å². The zero-order valence-corrected chi connectivity index (χ0v) is 8.58. The third-order valence-electron chi connectivity index (χ3n) is 1.45. The summed E-state index contributed by atoms with van der Waals surface area (Å²) in [5, 5.41) is 3.31. The quantitative estimate of drug-likeness (QED) is 0.241. The van der Waals surface area contributed by atoms with Gasteiger partial charge in [0.05, 0.1) is 6.61 Å². The van der Waals surface area contributed by atoms with Gasteiger partial charge in [0.25, 0.3) is 0 Å². The van der Waals surface area contributed by atoms with Crippen LogP contribution in [0.15, 0.2) is 17.5 Å². The summed E-state index contributed by atoms with van der Waals surface area (Å²) in [7, 11) is 0. The number of hydrogen-bond donors (Lipinski definition) is 2. The standard InChI is InChI=1S/C8H11N5O3/c1-2-15-8(14)16-13-7(10)5-6(9)12-4-3-11-5/h3-4H,2H2,1H3,(H2,9,12)(H2,10,13). The Balaban J connectivity index is 2.71. The number of amidine groups is 1. The van der Waals surface area contributed by atoms with Gasteiger partial charge in [0.15, 0.2) is 17.3 Å². The lowest BCUT2D eigenvalue weighted by atomic mass is 10.4. The monoisotopic (exact) mass is 225 g/mol. The van der Waals surface area contributed by atoms with Crippen LogP contribution in [0.4, 0.5) is 10.6 Å². The summed E-state index contributed by atoms with van der Waals surface area (Å²) in [5.74, 6) is -0.0603. The van der Waals surface area contributed by atoms with Crippen LogP contribution in [0.1, 0.15) is 12.6 Å². The number of oxime groups is 1. The smallest absolute Gasteiger partial charge is 0.433 e. The van der Waals surface area contributed by atoms with Crippen molar-refractivity contribution in [1.29, 1.82) is 0 Å². The molecule has 16 heavy (non-hydrogen) atoms. The van der Waals surface area contributed by atoms with Gasteiger partial charge in [-0.1, -0.05) is 5.16 Å². The second-order valence-corrected chi connectivity index (χ2v) is 2.54. The van der Waals surface area contributed by atoms with E-state index in [1.54, 1.807) is 6.92 Å². The molecule has 0 aliphatic rings. The van der Waals surface area contributed by atoms with E-state index in [0.29, 0.717) is 0 Å². The molecule has 1 aromatic rings. The Kier molecular flexibility index (Phi) is 4.01. The summed E-state index contributed by atoms with van der Waals surface area (Å²) in [6.45, 7) is 1.82. The highest BCUT2D eigenvalue weighted by Gasteiger charge is 2.08. The number of nitrogens with zero attached hydrogens (tertiary/aromatic N) is 3. The molecule has 4 N–H and O–H groups in total. The lowest BCUT2D eigenvalue weighted by molar-refractivity contribution is 0.0612. The second kappa shape index (κ2) is 5.49. The molecule has 0 aromatic carbocycles. The van der Waals surface area contributed by atoms with E-state index in [1.807, 2.05) is 0 Å².